The Morgan fingerprint density at radius 2 is 1.62 bits per heavy atom. The van der Waals surface area contributed by atoms with Gasteiger partial charge in [0.05, 0.1) is 11.5 Å². The van der Waals surface area contributed by atoms with Crippen LogP contribution in [0.4, 0.5) is 0 Å². The van der Waals surface area contributed by atoms with Crippen LogP contribution in [0.2, 0.25) is 0 Å². The van der Waals surface area contributed by atoms with Crippen LogP contribution in [0.5, 0.6) is 0 Å². The van der Waals surface area contributed by atoms with Crippen LogP contribution in [0.15, 0.2) is 30.3 Å². The Hall–Kier alpha value is -1.40. The van der Waals surface area contributed by atoms with Gasteiger partial charge in [-0.3, -0.25) is 9.69 Å². The van der Waals surface area contributed by atoms with Crippen molar-refractivity contribution in [1.29, 1.82) is 0 Å². The van der Waals surface area contributed by atoms with Crippen molar-refractivity contribution in [3.8, 4) is 0 Å². The molecular weight excluding hydrogens is 326 g/mol. The number of hydrogen-bond acceptors (Lipinski definition) is 5. The predicted molar refractivity (Wildman–Crippen MR) is 94.5 cm³/mol. The van der Waals surface area contributed by atoms with Crippen LogP contribution in [0, 0.1) is 0 Å². The smallest absolute Gasteiger partial charge is 0.303 e. The third kappa shape index (κ3) is 4.36. The summed E-state index contributed by atoms with van der Waals surface area (Å²) in [7, 11) is -3.10. The quantitative estimate of drug-likeness (QED) is 0.779. The molecule has 1 aliphatic rings. The number of benzene rings is 1. The van der Waals surface area contributed by atoms with Gasteiger partial charge in [-0.2, -0.15) is 0 Å². The Kier molecular flexibility index (Phi) is 5.11. The fraction of sp³-hybridized carbons (Fsp3) is 0.611. The molecule has 1 atom stereocenters. The predicted octanol–water partition coefficient (Wildman–Crippen LogP) is 2.58. The van der Waals surface area contributed by atoms with E-state index in [2.05, 4.69) is 4.90 Å². The highest BCUT2D eigenvalue weighted by Gasteiger charge is 2.48. The van der Waals surface area contributed by atoms with E-state index in [-0.39, 0.29) is 17.5 Å². The molecule has 0 radical (unpaired) electrons. The zero-order valence-electron chi connectivity index (χ0n) is 15.1. The number of esters is 1. The van der Waals surface area contributed by atoms with Crippen molar-refractivity contribution in [2.75, 3.05) is 18.1 Å². The van der Waals surface area contributed by atoms with Crippen LogP contribution in [0.1, 0.15) is 46.3 Å². The zero-order valence-corrected chi connectivity index (χ0v) is 15.9. The molecule has 1 aliphatic heterocycles. The maximum Gasteiger partial charge on any atom is 0.303 e. The monoisotopic (exact) mass is 353 g/mol. The normalized spacial score (nSPS) is 23.4. The van der Waals surface area contributed by atoms with Crippen molar-refractivity contribution in [3.05, 3.63) is 35.9 Å². The van der Waals surface area contributed by atoms with Crippen molar-refractivity contribution in [2.24, 2.45) is 0 Å². The summed E-state index contributed by atoms with van der Waals surface area (Å²) < 4.78 is 30.0. The first-order valence-electron chi connectivity index (χ1n) is 8.13. The molecule has 1 aromatic rings. The summed E-state index contributed by atoms with van der Waals surface area (Å²) in [6, 6.07) is 9.57. The summed E-state index contributed by atoms with van der Waals surface area (Å²) in [5.74, 6) is -0.139. The second-order valence-corrected chi connectivity index (χ2v) is 9.84. The Bertz CT molecular complexity index is 671. The van der Waals surface area contributed by atoms with Gasteiger partial charge in [-0.25, -0.2) is 8.42 Å². The lowest BCUT2D eigenvalue weighted by Crippen LogP contribution is -2.66. The molecule has 1 saturated heterocycles. The molecule has 0 saturated carbocycles. The number of nitrogens with zero attached hydrogens (tertiary/aromatic N) is 1. The molecule has 2 rings (SSSR count). The average molecular weight is 353 g/mol. The van der Waals surface area contributed by atoms with Gasteiger partial charge in [-0.15, -0.1) is 0 Å². The van der Waals surface area contributed by atoms with Gasteiger partial charge in [0.15, 0.2) is 9.84 Å². The summed E-state index contributed by atoms with van der Waals surface area (Å²) in [5.41, 5.74) is -0.158. The third-order valence-corrected chi connectivity index (χ3v) is 6.73. The second-order valence-electron chi connectivity index (χ2n) is 7.78. The fourth-order valence-electron chi connectivity index (χ4n) is 3.84. The molecule has 0 amide bonds. The van der Waals surface area contributed by atoms with E-state index in [1.54, 1.807) is 0 Å². The molecule has 0 spiro atoms. The average Bonchev–Trinajstić information content (AvgIpc) is 2.39. The van der Waals surface area contributed by atoms with Crippen molar-refractivity contribution in [3.63, 3.8) is 0 Å². The Balaban J connectivity index is 2.35. The molecule has 1 heterocycles. The maximum atomic E-state index is 12.2. The van der Waals surface area contributed by atoms with Gasteiger partial charge in [0.1, 0.15) is 6.10 Å². The lowest BCUT2D eigenvalue weighted by Gasteiger charge is -2.53. The lowest BCUT2D eigenvalue weighted by molar-refractivity contribution is -0.149. The largest absolute Gasteiger partial charge is 0.456 e. The molecule has 5 nitrogen and oxygen atoms in total. The van der Waals surface area contributed by atoms with Gasteiger partial charge >= 0.3 is 5.97 Å². The van der Waals surface area contributed by atoms with E-state index in [4.69, 9.17) is 4.74 Å². The number of sulfone groups is 1. The first kappa shape index (κ1) is 18.9. The SMILES string of the molecule is CC(=O)OC(CN1C(C)(C)CS(=O)(=O)CC1(C)C)c1ccccc1. The fourth-order valence-corrected chi connectivity index (χ4v) is 6.41. The van der Waals surface area contributed by atoms with Crippen LogP contribution in [-0.2, 0) is 19.4 Å². The van der Waals surface area contributed by atoms with Gasteiger partial charge in [-0.1, -0.05) is 30.3 Å². The summed E-state index contributed by atoms with van der Waals surface area (Å²) in [6.07, 6.45) is -0.428. The molecular formula is C18H27NO4S. The molecule has 1 aromatic carbocycles. The van der Waals surface area contributed by atoms with E-state index >= 15 is 0 Å². The topological polar surface area (TPSA) is 63.7 Å². The number of ether oxygens (including phenoxy) is 1. The van der Waals surface area contributed by atoms with Crippen LogP contribution in [0.25, 0.3) is 0 Å². The molecule has 24 heavy (non-hydrogen) atoms. The standard InChI is InChI=1S/C18H27NO4S/c1-14(20)23-16(15-9-7-6-8-10-15)11-19-17(2,3)12-24(21,22)13-18(19,4)5/h6-10,16H,11-13H2,1-5H3. The minimum Gasteiger partial charge on any atom is -0.456 e. The molecule has 0 bridgehead atoms. The van der Waals surface area contributed by atoms with E-state index < -0.39 is 27.0 Å². The van der Waals surface area contributed by atoms with Crippen LogP contribution >= 0.6 is 0 Å². The minimum atomic E-state index is -3.10. The van der Waals surface area contributed by atoms with Gasteiger partial charge in [0, 0.05) is 24.5 Å². The lowest BCUT2D eigenvalue weighted by atomic mass is 9.93. The summed E-state index contributed by atoms with van der Waals surface area (Å²) in [6.45, 7) is 9.58. The van der Waals surface area contributed by atoms with E-state index in [1.165, 1.54) is 6.92 Å². The Morgan fingerprint density at radius 1 is 1.12 bits per heavy atom. The van der Waals surface area contributed by atoms with E-state index in [9.17, 15) is 13.2 Å². The molecule has 134 valence electrons. The van der Waals surface area contributed by atoms with Crippen molar-refractivity contribution in [1.82, 2.24) is 4.90 Å². The van der Waals surface area contributed by atoms with Crippen molar-refractivity contribution >= 4 is 15.8 Å². The minimum absolute atomic E-state index is 0.102. The van der Waals surface area contributed by atoms with Gasteiger partial charge < -0.3 is 4.74 Å². The highest BCUT2D eigenvalue weighted by atomic mass is 32.2. The second kappa shape index (κ2) is 6.48. The number of rotatable bonds is 4. The Labute approximate surface area is 144 Å². The molecule has 1 fully saturated rings. The van der Waals surface area contributed by atoms with Crippen molar-refractivity contribution < 1.29 is 17.9 Å². The van der Waals surface area contributed by atoms with Gasteiger partial charge in [-0.05, 0) is 33.3 Å². The van der Waals surface area contributed by atoms with Crippen molar-refractivity contribution in [2.45, 2.75) is 51.8 Å². The van der Waals surface area contributed by atoms with Crippen LogP contribution < -0.4 is 0 Å². The van der Waals surface area contributed by atoms with E-state index in [1.807, 2.05) is 58.0 Å². The zero-order chi connectivity index (χ0) is 18.2. The summed E-state index contributed by atoms with van der Waals surface area (Å²) in [4.78, 5) is 13.7. The first-order chi connectivity index (χ1) is 10.9. The molecule has 0 aromatic heterocycles. The first-order valence-corrected chi connectivity index (χ1v) is 9.95. The summed E-state index contributed by atoms with van der Waals surface area (Å²) in [5, 5.41) is 0. The molecule has 0 N–H and O–H groups in total. The Morgan fingerprint density at radius 3 is 2.08 bits per heavy atom. The van der Waals surface area contributed by atoms with Gasteiger partial charge in [0.2, 0.25) is 0 Å². The number of hydrogen-bond donors (Lipinski definition) is 0. The molecule has 1 unspecified atom stereocenters. The highest BCUT2D eigenvalue weighted by molar-refractivity contribution is 7.91. The van der Waals surface area contributed by atoms with E-state index in [0.29, 0.717) is 6.54 Å². The van der Waals surface area contributed by atoms with E-state index in [0.717, 1.165) is 5.56 Å². The van der Waals surface area contributed by atoms with Gasteiger partial charge in [0.25, 0.3) is 0 Å². The molecule has 0 aliphatic carbocycles. The highest BCUT2D eigenvalue weighted by Crippen LogP contribution is 2.36. The van der Waals surface area contributed by atoms with Crippen LogP contribution in [-0.4, -0.2) is 48.4 Å². The van der Waals surface area contributed by atoms with Crippen LogP contribution in [0.3, 0.4) is 0 Å². The number of carbonyl (C=O) groups is 1. The third-order valence-electron chi connectivity index (χ3n) is 4.44. The summed E-state index contributed by atoms with van der Waals surface area (Å²) >= 11 is 0. The molecule has 6 heteroatoms. The number of carbonyl (C=O) groups excluding carboxylic acids is 1. The maximum absolute atomic E-state index is 12.2.